The molecule has 76 valence electrons. The Morgan fingerprint density at radius 3 is 2.29 bits per heavy atom. The zero-order valence-electron chi connectivity index (χ0n) is 7.06. The molecule has 1 aromatic carbocycles. The van der Waals surface area contributed by atoms with Gasteiger partial charge in [-0.15, -0.1) is 0 Å². The van der Waals surface area contributed by atoms with Crippen LogP contribution in [0.1, 0.15) is 12.0 Å². The number of hydrogen-bond acceptors (Lipinski definition) is 1. The maximum absolute atomic E-state index is 13.0. The molecule has 0 aromatic heterocycles. The Balaban J connectivity index is 2.91. The van der Waals surface area contributed by atoms with Crippen LogP contribution in [-0.2, 0) is 11.2 Å². The SMILES string of the molecule is O=C(O)CCc1c(F)cc(Cl)cc1F. The minimum Gasteiger partial charge on any atom is -0.481 e. The molecule has 0 saturated heterocycles. The maximum Gasteiger partial charge on any atom is 0.303 e. The molecule has 5 heteroatoms. The highest BCUT2D eigenvalue weighted by Crippen LogP contribution is 2.19. The molecule has 0 amide bonds. The number of carboxylic acid groups (broad SMARTS) is 1. The monoisotopic (exact) mass is 220 g/mol. The van der Waals surface area contributed by atoms with Crippen molar-refractivity contribution in [2.45, 2.75) is 12.8 Å². The van der Waals surface area contributed by atoms with Crippen LogP contribution in [0.3, 0.4) is 0 Å². The Labute approximate surface area is 84.1 Å². The van der Waals surface area contributed by atoms with Gasteiger partial charge in [0.25, 0.3) is 0 Å². The molecule has 2 nitrogen and oxygen atoms in total. The Hall–Kier alpha value is -1.16. The highest BCUT2D eigenvalue weighted by molar-refractivity contribution is 6.30. The van der Waals surface area contributed by atoms with Crippen molar-refractivity contribution in [3.05, 3.63) is 34.4 Å². The van der Waals surface area contributed by atoms with Gasteiger partial charge in [-0.05, 0) is 18.6 Å². The van der Waals surface area contributed by atoms with Gasteiger partial charge in [0.2, 0.25) is 0 Å². The van der Waals surface area contributed by atoms with Crippen LogP contribution in [0.15, 0.2) is 12.1 Å². The van der Waals surface area contributed by atoms with Crippen molar-refractivity contribution < 1.29 is 18.7 Å². The smallest absolute Gasteiger partial charge is 0.303 e. The number of aliphatic carboxylic acids is 1. The third-order valence-electron chi connectivity index (χ3n) is 1.69. The van der Waals surface area contributed by atoms with Crippen LogP contribution in [0, 0.1) is 11.6 Å². The average molecular weight is 221 g/mol. The first-order chi connectivity index (χ1) is 6.50. The lowest BCUT2D eigenvalue weighted by Gasteiger charge is -2.03. The number of hydrogen-bond donors (Lipinski definition) is 1. The summed E-state index contributed by atoms with van der Waals surface area (Å²) in [6, 6.07) is 1.92. The summed E-state index contributed by atoms with van der Waals surface area (Å²) in [5.74, 6) is -2.72. The first-order valence-electron chi connectivity index (χ1n) is 3.86. The van der Waals surface area contributed by atoms with Crippen LogP contribution < -0.4 is 0 Å². The van der Waals surface area contributed by atoms with Gasteiger partial charge in [0.15, 0.2) is 0 Å². The maximum atomic E-state index is 13.0. The van der Waals surface area contributed by atoms with Gasteiger partial charge in [0.1, 0.15) is 11.6 Å². The Morgan fingerprint density at radius 2 is 1.86 bits per heavy atom. The largest absolute Gasteiger partial charge is 0.481 e. The molecule has 0 radical (unpaired) electrons. The van der Waals surface area contributed by atoms with Crippen LogP contribution in [-0.4, -0.2) is 11.1 Å². The summed E-state index contributed by atoms with van der Waals surface area (Å²) in [4.78, 5) is 10.2. The second-order valence-corrected chi connectivity index (χ2v) is 3.18. The fourth-order valence-electron chi connectivity index (χ4n) is 1.04. The van der Waals surface area contributed by atoms with E-state index in [2.05, 4.69) is 0 Å². The normalized spacial score (nSPS) is 10.2. The first-order valence-corrected chi connectivity index (χ1v) is 4.23. The average Bonchev–Trinajstić information content (AvgIpc) is 2.01. The first kappa shape index (κ1) is 10.9. The summed E-state index contributed by atoms with van der Waals surface area (Å²) in [5.41, 5.74) is -0.239. The molecule has 0 spiro atoms. The summed E-state index contributed by atoms with van der Waals surface area (Å²) in [6.07, 6.45) is -0.486. The van der Waals surface area contributed by atoms with Crippen molar-refractivity contribution in [2.75, 3.05) is 0 Å². The lowest BCUT2D eigenvalue weighted by Crippen LogP contribution is -2.02. The van der Waals surface area contributed by atoms with Gasteiger partial charge in [-0.2, -0.15) is 0 Å². The Morgan fingerprint density at radius 1 is 1.36 bits per heavy atom. The summed E-state index contributed by atoms with van der Waals surface area (Å²) < 4.78 is 26.1. The van der Waals surface area contributed by atoms with Crippen LogP contribution in [0.25, 0.3) is 0 Å². The fourth-order valence-corrected chi connectivity index (χ4v) is 1.23. The molecular weight excluding hydrogens is 214 g/mol. The topological polar surface area (TPSA) is 37.3 Å². The molecular formula is C9H7ClF2O2. The van der Waals surface area contributed by atoms with E-state index in [1.54, 1.807) is 0 Å². The molecule has 0 aliphatic carbocycles. The molecule has 14 heavy (non-hydrogen) atoms. The van der Waals surface area contributed by atoms with Crippen LogP contribution in [0.2, 0.25) is 5.02 Å². The van der Waals surface area contributed by atoms with Crippen molar-refractivity contribution in [1.29, 1.82) is 0 Å². The van der Waals surface area contributed by atoms with Gasteiger partial charge < -0.3 is 5.11 Å². The Bertz CT molecular complexity index is 343. The zero-order chi connectivity index (χ0) is 10.7. The van der Waals surface area contributed by atoms with Crippen LogP contribution >= 0.6 is 11.6 Å². The fraction of sp³-hybridized carbons (Fsp3) is 0.222. The quantitative estimate of drug-likeness (QED) is 0.850. The molecule has 0 atom stereocenters. The molecule has 0 unspecified atom stereocenters. The molecule has 1 aromatic rings. The van der Waals surface area contributed by atoms with Crippen LogP contribution in [0.4, 0.5) is 8.78 Å². The predicted molar refractivity (Wildman–Crippen MR) is 47.3 cm³/mol. The summed E-state index contributed by atoms with van der Waals surface area (Å²) in [6.45, 7) is 0. The van der Waals surface area contributed by atoms with Gasteiger partial charge in [0.05, 0.1) is 0 Å². The second kappa shape index (κ2) is 4.37. The van der Waals surface area contributed by atoms with Gasteiger partial charge in [0, 0.05) is 17.0 Å². The minimum atomic E-state index is -1.10. The molecule has 0 bridgehead atoms. The van der Waals surface area contributed by atoms with E-state index in [0.717, 1.165) is 12.1 Å². The molecule has 0 heterocycles. The van der Waals surface area contributed by atoms with E-state index >= 15 is 0 Å². The van der Waals surface area contributed by atoms with E-state index in [1.165, 1.54) is 0 Å². The number of rotatable bonds is 3. The summed E-state index contributed by atoms with van der Waals surface area (Å²) >= 11 is 5.39. The van der Waals surface area contributed by atoms with Crippen molar-refractivity contribution >= 4 is 17.6 Å². The highest BCUT2D eigenvalue weighted by atomic mass is 35.5. The Kier molecular flexibility index (Phi) is 3.41. The van der Waals surface area contributed by atoms with E-state index in [1.807, 2.05) is 0 Å². The highest BCUT2D eigenvalue weighted by Gasteiger charge is 2.11. The van der Waals surface area contributed by atoms with Crippen molar-refractivity contribution in [3.63, 3.8) is 0 Å². The number of carboxylic acids is 1. The zero-order valence-corrected chi connectivity index (χ0v) is 7.81. The molecule has 0 saturated carbocycles. The van der Waals surface area contributed by atoms with Gasteiger partial charge in [-0.1, -0.05) is 11.6 Å². The lowest BCUT2D eigenvalue weighted by molar-refractivity contribution is -0.136. The number of halogens is 3. The van der Waals surface area contributed by atoms with Crippen molar-refractivity contribution in [1.82, 2.24) is 0 Å². The molecule has 1 N–H and O–H groups in total. The van der Waals surface area contributed by atoms with Crippen molar-refractivity contribution in [3.8, 4) is 0 Å². The van der Waals surface area contributed by atoms with E-state index in [-0.39, 0.29) is 23.4 Å². The summed E-state index contributed by atoms with van der Waals surface area (Å²) in [5, 5.41) is 8.30. The predicted octanol–water partition coefficient (Wildman–Crippen LogP) is 2.64. The van der Waals surface area contributed by atoms with Gasteiger partial charge in [-0.25, -0.2) is 8.78 Å². The van der Waals surface area contributed by atoms with Gasteiger partial charge >= 0.3 is 5.97 Å². The molecule has 0 fully saturated rings. The molecule has 1 rings (SSSR count). The number of benzene rings is 1. The van der Waals surface area contributed by atoms with E-state index in [4.69, 9.17) is 16.7 Å². The van der Waals surface area contributed by atoms with E-state index in [9.17, 15) is 13.6 Å². The third kappa shape index (κ3) is 2.67. The van der Waals surface area contributed by atoms with E-state index < -0.39 is 17.6 Å². The van der Waals surface area contributed by atoms with Crippen LogP contribution in [0.5, 0.6) is 0 Å². The lowest BCUT2D eigenvalue weighted by atomic mass is 10.1. The molecule has 0 aliphatic rings. The standard InChI is InChI=1S/C9H7ClF2O2/c10-5-3-7(11)6(8(12)4-5)1-2-9(13)14/h3-4H,1-2H2,(H,13,14). The summed E-state index contributed by atoms with van der Waals surface area (Å²) in [7, 11) is 0. The third-order valence-corrected chi connectivity index (χ3v) is 1.91. The number of carbonyl (C=O) groups is 1. The second-order valence-electron chi connectivity index (χ2n) is 2.74. The minimum absolute atomic E-state index is 0.0425. The van der Waals surface area contributed by atoms with Gasteiger partial charge in [-0.3, -0.25) is 4.79 Å². The van der Waals surface area contributed by atoms with Crippen molar-refractivity contribution in [2.24, 2.45) is 0 Å². The molecule has 0 aliphatic heterocycles. The van der Waals surface area contributed by atoms with E-state index in [0.29, 0.717) is 0 Å².